The van der Waals surface area contributed by atoms with Crippen molar-refractivity contribution in [1.29, 1.82) is 0 Å². The third-order valence-corrected chi connectivity index (χ3v) is 6.56. The van der Waals surface area contributed by atoms with Crippen LogP contribution in [0.25, 0.3) is 10.9 Å². The lowest BCUT2D eigenvalue weighted by atomic mass is 9.96. The van der Waals surface area contributed by atoms with E-state index in [1.807, 2.05) is 12.1 Å². The number of para-hydroxylation sites is 1. The number of hydrogen-bond donors (Lipinski definition) is 0. The summed E-state index contributed by atoms with van der Waals surface area (Å²) in [5.74, 6) is -0.298. The Hall–Kier alpha value is -3.29. The first kappa shape index (κ1) is 24.8. The van der Waals surface area contributed by atoms with Crippen LogP contribution in [-0.2, 0) is 22.3 Å². The van der Waals surface area contributed by atoms with Gasteiger partial charge in [-0.1, -0.05) is 18.2 Å². The first-order valence-electron chi connectivity index (χ1n) is 12.0. The molecule has 3 aromatic rings. The van der Waals surface area contributed by atoms with E-state index in [-0.39, 0.29) is 30.6 Å². The number of carbonyl (C=O) groups excluding carboxylic acids is 2. The van der Waals surface area contributed by atoms with Crippen LogP contribution >= 0.6 is 0 Å². The maximum atomic E-state index is 13.5. The molecule has 0 radical (unpaired) electrons. The molecule has 1 aromatic heterocycles. The Kier molecular flexibility index (Phi) is 7.48. The monoisotopic (exact) mass is 486 g/mol. The largest absolute Gasteiger partial charge is 0.466 e. The summed E-state index contributed by atoms with van der Waals surface area (Å²) >= 11 is 0. The van der Waals surface area contributed by atoms with Crippen LogP contribution in [0.5, 0.6) is 0 Å². The molecule has 8 heteroatoms. The van der Waals surface area contributed by atoms with Crippen molar-refractivity contribution in [3.05, 3.63) is 65.9 Å². The SMILES string of the molecule is CCOC(=O)C1CCN(c2ccc(C(=O)CCCn3c(C(F)(F)F)cc4ccccc43)cc2)CC1. The van der Waals surface area contributed by atoms with Gasteiger partial charge >= 0.3 is 12.1 Å². The highest BCUT2D eigenvalue weighted by atomic mass is 19.4. The fraction of sp³-hybridized carbons (Fsp3) is 0.407. The lowest BCUT2D eigenvalue weighted by molar-refractivity contribution is -0.148. The number of carbonyl (C=O) groups is 2. The molecule has 1 saturated heterocycles. The van der Waals surface area contributed by atoms with Crippen molar-refractivity contribution in [2.75, 3.05) is 24.6 Å². The summed E-state index contributed by atoms with van der Waals surface area (Å²) in [5.41, 5.74) is 1.35. The minimum atomic E-state index is -4.45. The van der Waals surface area contributed by atoms with Crippen molar-refractivity contribution in [2.45, 2.75) is 45.3 Å². The van der Waals surface area contributed by atoms with E-state index in [1.54, 1.807) is 43.3 Å². The second kappa shape index (κ2) is 10.5. The summed E-state index contributed by atoms with van der Waals surface area (Å²) in [5, 5.41) is 0.535. The van der Waals surface area contributed by atoms with Crippen molar-refractivity contribution in [3.8, 4) is 0 Å². The van der Waals surface area contributed by atoms with E-state index >= 15 is 0 Å². The van der Waals surface area contributed by atoms with Gasteiger partial charge in [-0.2, -0.15) is 13.2 Å². The van der Waals surface area contributed by atoms with E-state index in [0.29, 0.717) is 29.5 Å². The number of anilines is 1. The van der Waals surface area contributed by atoms with Crippen LogP contribution in [0.2, 0.25) is 0 Å². The number of alkyl halides is 3. The highest BCUT2D eigenvalue weighted by Gasteiger charge is 2.35. The summed E-state index contributed by atoms with van der Waals surface area (Å²) in [6, 6.07) is 15.2. The van der Waals surface area contributed by atoms with E-state index in [4.69, 9.17) is 4.74 Å². The fourth-order valence-electron chi connectivity index (χ4n) is 4.72. The molecule has 35 heavy (non-hydrogen) atoms. The Morgan fingerprint density at radius 1 is 1.03 bits per heavy atom. The van der Waals surface area contributed by atoms with Gasteiger partial charge in [0.2, 0.25) is 0 Å². The molecule has 2 heterocycles. The van der Waals surface area contributed by atoms with Crippen LogP contribution in [0.4, 0.5) is 18.9 Å². The molecule has 0 N–H and O–H groups in total. The first-order chi connectivity index (χ1) is 16.8. The number of ether oxygens (including phenoxy) is 1. The van der Waals surface area contributed by atoms with Gasteiger partial charge in [-0.3, -0.25) is 9.59 Å². The van der Waals surface area contributed by atoms with Crippen LogP contribution in [-0.4, -0.2) is 36.0 Å². The van der Waals surface area contributed by atoms with Crippen LogP contribution < -0.4 is 4.90 Å². The number of esters is 1. The van der Waals surface area contributed by atoms with Gasteiger partial charge in [-0.05, 0) is 62.6 Å². The normalized spacial score (nSPS) is 14.9. The lowest BCUT2D eigenvalue weighted by Gasteiger charge is -2.32. The van der Waals surface area contributed by atoms with Gasteiger partial charge in [0, 0.05) is 48.2 Å². The molecule has 1 aliphatic rings. The predicted octanol–water partition coefficient (Wildman–Crippen LogP) is 6.10. The summed E-state index contributed by atoms with van der Waals surface area (Å²) in [6.45, 7) is 3.78. The summed E-state index contributed by atoms with van der Waals surface area (Å²) < 4.78 is 46.9. The maximum Gasteiger partial charge on any atom is 0.431 e. The number of aromatic nitrogens is 1. The molecule has 2 aromatic carbocycles. The summed E-state index contributed by atoms with van der Waals surface area (Å²) in [7, 11) is 0. The number of halogens is 3. The number of ketones is 1. The van der Waals surface area contributed by atoms with E-state index in [2.05, 4.69) is 4.90 Å². The quantitative estimate of drug-likeness (QED) is 0.285. The second-order valence-electron chi connectivity index (χ2n) is 8.82. The number of piperidine rings is 1. The highest BCUT2D eigenvalue weighted by Crippen LogP contribution is 2.34. The Balaban J connectivity index is 1.34. The molecule has 0 saturated carbocycles. The number of hydrogen-bond acceptors (Lipinski definition) is 4. The Bertz CT molecular complexity index is 1180. The third-order valence-electron chi connectivity index (χ3n) is 6.56. The van der Waals surface area contributed by atoms with Gasteiger partial charge in [0.05, 0.1) is 12.5 Å². The van der Waals surface area contributed by atoms with Gasteiger partial charge < -0.3 is 14.2 Å². The average Bonchev–Trinajstić information content (AvgIpc) is 3.24. The van der Waals surface area contributed by atoms with Crippen LogP contribution in [0.1, 0.15) is 48.7 Å². The molecule has 1 fully saturated rings. The fourth-order valence-corrected chi connectivity index (χ4v) is 4.72. The molecule has 0 spiro atoms. The standard InChI is InChI=1S/C27H29F3N2O3/c1-2-35-26(34)20-13-16-31(17-14-20)22-11-9-19(10-12-22)24(33)8-5-15-32-23-7-4-3-6-21(23)18-25(32)27(28,29)30/h3-4,6-7,9-12,18,20H,2,5,8,13-17H2,1H3. The van der Waals surface area contributed by atoms with Crippen molar-refractivity contribution >= 4 is 28.3 Å². The topological polar surface area (TPSA) is 51.5 Å². The van der Waals surface area contributed by atoms with Crippen molar-refractivity contribution < 1.29 is 27.5 Å². The summed E-state index contributed by atoms with van der Waals surface area (Å²) in [6.07, 6.45) is -2.53. The van der Waals surface area contributed by atoms with E-state index in [9.17, 15) is 22.8 Å². The third kappa shape index (κ3) is 5.69. The number of aryl methyl sites for hydroxylation is 1. The summed E-state index contributed by atoms with van der Waals surface area (Å²) in [4.78, 5) is 26.8. The number of rotatable bonds is 8. The molecule has 0 unspecified atom stereocenters. The van der Waals surface area contributed by atoms with E-state index < -0.39 is 11.9 Å². The van der Waals surface area contributed by atoms with Crippen LogP contribution in [0.15, 0.2) is 54.6 Å². The smallest absolute Gasteiger partial charge is 0.431 e. The van der Waals surface area contributed by atoms with Gasteiger partial charge in [0.1, 0.15) is 5.69 Å². The molecule has 186 valence electrons. The molecule has 5 nitrogen and oxygen atoms in total. The number of nitrogens with zero attached hydrogens (tertiary/aromatic N) is 2. The van der Waals surface area contributed by atoms with Gasteiger partial charge in [0.15, 0.2) is 5.78 Å². The van der Waals surface area contributed by atoms with Crippen molar-refractivity contribution in [2.24, 2.45) is 5.92 Å². The Labute approximate surface area is 202 Å². The lowest BCUT2D eigenvalue weighted by Crippen LogP contribution is -2.36. The zero-order valence-electron chi connectivity index (χ0n) is 19.7. The first-order valence-corrected chi connectivity index (χ1v) is 12.0. The number of Topliss-reactive ketones (excluding diaryl/α,β-unsaturated/α-hetero) is 1. The van der Waals surface area contributed by atoms with Gasteiger partial charge in [0.25, 0.3) is 0 Å². The molecular weight excluding hydrogens is 457 g/mol. The molecule has 1 aliphatic heterocycles. The molecule has 0 bridgehead atoms. The minimum absolute atomic E-state index is 0.0673. The second-order valence-corrected chi connectivity index (χ2v) is 8.82. The molecule has 0 atom stereocenters. The van der Waals surface area contributed by atoms with Crippen molar-refractivity contribution in [3.63, 3.8) is 0 Å². The zero-order valence-corrected chi connectivity index (χ0v) is 19.7. The van der Waals surface area contributed by atoms with Gasteiger partial charge in [-0.25, -0.2) is 0 Å². The highest BCUT2D eigenvalue weighted by molar-refractivity contribution is 5.96. The molecule has 0 aliphatic carbocycles. The molecule has 0 amide bonds. The molecule has 4 rings (SSSR count). The Morgan fingerprint density at radius 2 is 1.71 bits per heavy atom. The van der Waals surface area contributed by atoms with Crippen LogP contribution in [0.3, 0.4) is 0 Å². The predicted molar refractivity (Wildman–Crippen MR) is 129 cm³/mol. The van der Waals surface area contributed by atoms with Crippen LogP contribution in [0, 0.1) is 5.92 Å². The van der Waals surface area contributed by atoms with E-state index in [1.165, 1.54) is 4.57 Å². The number of fused-ring (bicyclic) bond motifs is 1. The number of benzene rings is 2. The van der Waals surface area contributed by atoms with Crippen molar-refractivity contribution in [1.82, 2.24) is 4.57 Å². The van der Waals surface area contributed by atoms with Gasteiger partial charge in [-0.15, -0.1) is 0 Å². The minimum Gasteiger partial charge on any atom is -0.466 e. The maximum absolute atomic E-state index is 13.5. The van der Waals surface area contributed by atoms with E-state index in [0.717, 1.165) is 37.7 Å². The zero-order chi connectivity index (χ0) is 25.0. The average molecular weight is 487 g/mol. The molecular formula is C27H29F3N2O3. The Morgan fingerprint density at radius 3 is 2.37 bits per heavy atom.